The molecule has 94 valence electrons. The molecule has 0 bridgehead atoms. The zero-order valence-electron chi connectivity index (χ0n) is 11.1. The van der Waals surface area contributed by atoms with E-state index in [0.29, 0.717) is 0 Å². The van der Waals surface area contributed by atoms with E-state index >= 15 is 0 Å². The second kappa shape index (κ2) is 5.23. The quantitative estimate of drug-likeness (QED) is 0.888. The zero-order valence-corrected chi connectivity index (χ0v) is 11.1. The molecule has 0 spiro atoms. The fourth-order valence-corrected chi connectivity index (χ4v) is 2.12. The Morgan fingerprint density at radius 3 is 1.94 bits per heavy atom. The van der Waals surface area contributed by atoms with Gasteiger partial charge < -0.3 is 10.0 Å². The Hall–Kier alpha value is -1.80. The molecule has 2 rings (SSSR count). The van der Waals surface area contributed by atoms with Gasteiger partial charge in [0.1, 0.15) is 0 Å². The number of benzene rings is 2. The summed E-state index contributed by atoms with van der Waals surface area (Å²) in [5, 5.41) is 9.04. The lowest BCUT2D eigenvalue weighted by Gasteiger charge is -2.21. The number of aryl methyl sites for hydroxylation is 2. The van der Waals surface area contributed by atoms with Crippen molar-refractivity contribution in [3.8, 4) is 0 Å². The van der Waals surface area contributed by atoms with Crippen LogP contribution in [-0.2, 0) is 6.61 Å². The SMILES string of the molecule is Cc1cc(C)cc(N(C)c2ccc(CO)cc2)c1. The highest BCUT2D eigenvalue weighted by molar-refractivity contribution is 5.64. The molecular formula is C16H19NO. The Balaban J connectivity index is 2.31. The maximum absolute atomic E-state index is 9.04. The third-order valence-corrected chi connectivity index (χ3v) is 3.10. The number of rotatable bonds is 3. The Kier molecular flexibility index (Phi) is 3.68. The number of anilines is 2. The first-order valence-corrected chi connectivity index (χ1v) is 6.12. The van der Waals surface area contributed by atoms with Crippen molar-refractivity contribution in [2.24, 2.45) is 0 Å². The standard InChI is InChI=1S/C16H19NO/c1-12-8-13(2)10-16(9-12)17(3)15-6-4-14(11-18)5-7-15/h4-10,18H,11H2,1-3H3. The van der Waals surface area contributed by atoms with Crippen LogP contribution in [0.2, 0.25) is 0 Å². The molecule has 2 aromatic carbocycles. The van der Waals surface area contributed by atoms with Crippen LogP contribution in [0.4, 0.5) is 11.4 Å². The van der Waals surface area contributed by atoms with Gasteiger partial charge in [0.05, 0.1) is 6.61 Å². The fourth-order valence-electron chi connectivity index (χ4n) is 2.12. The van der Waals surface area contributed by atoms with E-state index in [0.717, 1.165) is 11.3 Å². The van der Waals surface area contributed by atoms with Gasteiger partial charge in [-0.1, -0.05) is 18.2 Å². The van der Waals surface area contributed by atoms with E-state index in [2.05, 4.69) is 44.0 Å². The molecular weight excluding hydrogens is 222 g/mol. The van der Waals surface area contributed by atoms with Crippen molar-refractivity contribution in [2.75, 3.05) is 11.9 Å². The van der Waals surface area contributed by atoms with E-state index in [1.807, 2.05) is 24.3 Å². The lowest BCUT2D eigenvalue weighted by atomic mass is 10.1. The predicted molar refractivity (Wildman–Crippen MR) is 76.3 cm³/mol. The molecule has 0 aliphatic heterocycles. The average Bonchev–Trinajstić information content (AvgIpc) is 2.37. The first kappa shape index (κ1) is 12.7. The van der Waals surface area contributed by atoms with Gasteiger partial charge in [0.15, 0.2) is 0 Å². The largest absolute Gasteiger partial charge is 0.392 e. The highest BCUT2D eigenvalue weighted by atomic mass is 16.3. The highest BCUT2D eigenvalue weighted by Gasteiger charge is 2.05. The van der Waals surface area contributed by atoms with Crippen molar-refractivity contribution in [3.63, 3.8) is 0 Å². The van der Waals surface area contributed by atoms with Gasteiger partial charge in [0.25, 0.3) is 0 Å². The molecule has 0 aromatic heterocycles. The van der Waals surface area contributed by atoms with Crippen LogP contribution in [0, 0.1) is 13.8 Å². The van der Waals surface area contributed by atoms with Gasteiger partial charge in [0.2, 0.25) is 0 Å². The van der Waals surface area contributed by atoms with Gasteiger partial charge in [-0.3, -0.25) is 0 Å². The molecule has 0 atom stereocenters. The average molecular weight is 241 g/mol. The van der Waals surface area contributed by atoms with E-state index in [9.17, 15) is 0 Å². The first-order chi connectivity index (χ1) is 8.60. The lowest BCUT2D eigenvalue weighted by molar-refractivity contribution is 0.282. The smallest absolute Gasteiger partial charge is 0.0681 e. The molecule has 0 fully saturated rings. The van der Waals surface area contributed by atoms with Gasteiger partial charge in [-0.2, -0.15) is 0 Å². The van der Waals surface area contributed by atoms with Crippen LogP contribution in [0.3, 0.4) is 0 Å². The minimum atomic E-state index is 0.0908. The van der Waals surface area contributed by atoms with Crippen molar-refractivity contribution in [1.82, 2.24) is 0 Å². The molecule has 0 amide bonds. The summed E-state index contributed by atoms with van der Waals surface area (Å²) in [7, 11) is 2.06. The minimum absolute atomic E-state index is 0.0908. The highest BCUT2D eigenvalue weighted by Crippen LogP contribution is 2.25. The van der Waals surface area contributed by atoms with Crippen molar-refractivity contribution in [1.29, 1.82) is 0 Å². The number of hydrogen-bond acceptors (Lipinski definition) is 2. The number of aliphatic hydroxyl groups is 1. The normalized spacial score (nSPS) is 10.4. The summed E-state index contributed by atoms with van der Waals surface area (Å²) in [5.41, 5.74) is 5.78. The van der Waals surface area contributed by atoms with E-state index in [1.54, 1.807) is 0 Å². The molecule has 2 heteroatoms. The fraction of sp³-hybridized carbons (Fsp3) is 0.250. The second-order valence-corrected chi connectivity index (χ2v) is 4.73. The van der Waals surface area contributed by atoms with Gasteiger partial charge in [-0.05, 0) is 54.8 Å². The molecule has 2 aromatic rings. The van der Waals surface area contributed by atoms with E-state index in [1.165, 1.54) is 16.8 Å². The summed E-state index contributed by atoms with van der Waals surface area (Å²) in [6.45, 7) is 4.31. The Morgan fingerprint density at radius 1 is 0.889 bits per heavy atom. The molecule has 0 saturated heterocycles. The van der Waals surface area contributed by atoms with Gasteiger partial charge in [-0.15, -0.1) is 0 Å². The summed E-state index contributed by atoms with van der Waals surface area (Å²) >= 11 is 0. The van der Waals surface area contributed by atoms with Crippen LogP contribution < -0.4 is 4.90 Å². The molecule has 0 unspecified atom stereocenters. The number of aliphatic hydroxyl groups excluding tert-OH is 1. The third-order valence-electron chi connectivity index (χ3n) is 3.10. The maximum atomic E-state index is 9.04. The molecule has 2 nitrogen and oxygen atoms in total. The monoisotopic (exact) mass is 241 g/mol. The van der Waals surface area contributed by atoms with Crippen molar-refractivity contribution in [3.05, 3.63) is 59.2 Å². The van der Waals surface area contributed by atoms with Crippen LogP contribution in [0.25, 0.3) is 0 Å². The summed E-state index contributed by atoms with van der Waals surface area (Å²) < 4.78 is 0. The first-order valence-electron chi connectivity index (χ1n) is 6.12. The minimum Gasteiger partial charge on any atom is -0.392 e. The van der Waals surface area contributed by atoms with Crippen LogP contribution in [0.5, 0.6) is 0 Å². The topological polar surface area (TPSA) is 23.5 Å². The Bertz CT molecular complexity index is 511. The molecule has 0 aliphatic carbocycles. The molecule has 18 heavy (non-hydrogen) atoms. The number of nitrogens with zero attached hydrogens (tertiary/aromatic N) is 1. The molecule has 0 saturated carbocycles. The van der Waals surface area contributed by atoms with Crippen LogP contribution in [0.15, 0.2) is 42.5 Å². The van der Waals surface area contributed by atoms with Crippen LogP contribution >= 0.6 is 0 Å². The Morgan fingerprint density at radius 2 is 1.44 bits per heavy atom. The van der Waals surface area contributed by atoms with Gasteiger partial charge >= 0.3 is 0 Å². The van der Waals surface area contributed by atoms with Gasteiger partial charge in [-0.25, -0.2) is 0 Å². The van der Waals surface area contributed by atoms with Crippen molar-refractivity contribution < 1.29 is 5.11 Å². The van der Waals surface area contributed by atoms with Crippen LogP contribution in [0.1, 0.15) is 16.7 Å². The van der Waals surface area contributed by atoms with Gasteiger partial charge in [0, 0.05) is 18.4 Å². The third kappa shape index (κ3) is 2.71. The van der Waals surface area contributed by atoms with E-state index in [4.69, 9.17) is 5.11 Å². The molecule has 1 N–H and O–H groups in total. The van der Waals surface area contributed by atoms with Crippen LogP contribution in [-0.4, -0.2) is 12.2 Å². The van der Waals surface area contributed by atoms with E-state index in [-0.39, 0.29) is 6.61 Å². The summed E-state index contributed by atoms with van der Waals surface area (Å²) in [6, 6.07) is 14.5. The zero-order chi connectivity index (χ0) is 13.1. The Labute approximate surface area is 109 Å². The maximum Gasteiger partial charge on any atom is 0.0681 e. The van der Waals surface area contributed by atoms with Crippen molar-refractivity contribution >= 4 is 11.4 Å². The molecule has 0 radical (unpaired) electrons. The predicted octanol–water partition coefficient (Wildman–Crippen LogP) is 3.56. The number of hydrogen-bond donors (Lipinski definition) is 1. The molecule has 0 aliphatic rings. The van der Waals surface area contributed by atoms with E-state index < -0.39 is 0 Å². The summed E-state index contributed by atoms with van der Waals surface area (Å²) in [6.07, 6.45) is 0. The summed E-state index contributed by atoms with van der Waals surface area (Å²) in [4.78, 5) is 2.15. The van der Waals surface area contributed by atoms with Crippen molar-refractivity contribution in [2.45, 2.75) is 20.5 Å². The lowest BCUT2D eigenvalue weighted by Crippen LogP contribution is -2.09. The molecule has 0 heterocycles. The second-order valence-electron chi connectivity index (χ2n) is 4.73. The summed E-state index contributed by atoms with van der Waals surface area (Å²) in [5.74, 6) is 0.